The fourth-order valence-electron chi connectivity index (χ4n) is 3.22. The molecule has 3 rings (SSSR count). The maximum Gasteiger partial charge on any atom is 0.239 e. The molecule has 2 aromatic heterocycles. The minimum atomic E-state index is -0.0552. The van der Waals surface area contributed by atoms with Crippen molar-refractivity contribution < 1.29 is 4.79 Å². The zero-order valence-corrected chi connectivity index (χ0v) is 14.4. The first-order valence-corrected chi connectivity index (χ1v) is 8.48. The molecule has 1 N–H and O–H groups in total. The third kappa shape index (κ3) is 4.17. The van der Waals surface area contributed by atoms with Crippen molar-refractivity contribution in [1.29, 1.82) is 0 Å². The molecule has 1 aliphatic carbocycles. The molecule has 0 atom stereocenters. The number of anilines is 1. The molecule has 5 heteroatoms. The standard InChI is InChI=1S/C19H24N4O/c1-14-7-9-21-18(11-14)22-19(24)13-23(2)12-17-16-6-4-3-5-15(16)8-10-20-17/h7-11H,3-6,12-13H2,1-2H3,(H,21,22,24). The monoisotopic (exact) mass is 324 g/mol. The fraction of sp³-hybridized carbons (Fsp3) is 0.421. The molecular weight excluding hydrogens is 300 g/mol. The van der Waals surface area contributed by atoms with Gasteiger partial charge in [0, 0.05) is 18.9 Å². The van der Waals surface area contributed by atoms with Gasteiger partial charge >= 0.3 is 0 Å². The second kappa shape index (κ2) is 7.53. The predicted octanol–water partition coefficient (Wildman–Crippen LogP) is 2.73. The highest BCUT2D eigenvalue weighted by atomic mass is 16.2. The molecule has 0 fully saturated rings. The molecule has 2 heterocycles. The highest BCUT2D eigenvalue weighted by Crippen LogP contribution is 2.23. The summed E-state index contributed by atoms with van der Waals surface area (Å²) in [7, 11) is 1.95. The third-order valence-corrected chi connectivity index (χ3v) is 4.38. The van der Waals surface area contributed by atoms with Crippen LogP contribution in [0.1, 0.15) is 35.2 Å². The van der Waals surface area contributed by atoms with Crippen molar-refractivity contribution in [1.82, 2.24) is 14.9 Å². The topological polar surface area (TPSA) is 58.1 Å². The molecule has 0 radical (unpaired) electrons. The zero-order chi connectivity index (χ0) is 16.9. The van der Waals surface area contributed by atoms with Gasteiger partial charge in [-0.15, -0.1) is 0 Å². The molecule has 1 aliphatic rings. The van der Waals surface area contributed by atoms with Crippen molar-refractivity contribution in [2.75, 3.05) is 18.9 Å². The molecule has 2 aromatic rings. The van der Waals surface area contributed by atoms with Crippen LogP contribution < -0.4 is 5.32 Å². The summed E-state index contributed by atoms with van der Waals surface area (Å²) in [5.74, 6) is 0.545. The molecule has 5 nitrogen and oxygen atoms in total. The van der Waals surface area contributed by atoms with Crippen molar-refractivity contribution >= 4 is 11.7 Å². The number of nitrogens with zero attached hydrogens (tertiary/aromatic N) is 3. The molecule has 24 heavy (non-hydrogen) atoms. The molecule has 0 bridgehead atoms. The highest BCUT2D eigenvalue weighted by molar-refractivity contribution is 5.91. The molecular formula is C19H24N4O. The van der Waals surface area contributed by atoms with E-state index in [1.807, 2.05) is 37.2 Å². The van der Waals surface area contributed by atoms with Gasteiger partial charge in [0.15, 0.2) is 0 Å². The molecule has 1 amide bonds. The maximum absolute atomic E-state index is 12.2. The van der Waals surface area contributed by atoms with Gasteiger partial charge in [-0.25, -0.2) is 4.98 Å². The summed E-state index contributed by atoms with van der Waals surface area (Å²) in [4.78, 5) is 22.9. The number of likely N-dealkylation sites (N-methyl/N-ethyl adjacent to an activating group) is 1. The molecule has 0 unspecified atom stereocenters. The first-order chi connectivity index (χ1) is 11.6. The Morgan fingerprint density at radius 1 is 1.21 bits per heavy atom. The normalized spacial score (nSPS) is 13.6. The Labute approximate surface area is 143 Å². The number of aromatic nitrogens is 2. The Kier molecular flexibility index (Phi) is 5.20. The van der Waals surface area contributed by atoms with Gasteiger partial charge in [0.25, 0.3) is 0 Å². The van der Waals surface area contributed by atoms with E-state index in [1.54, 1.807) is 6.20 Å². The lowest BCUT2D eigenvalue weighted by atomic mass is 9.91. The molecule has 126 valence electrons. The summed E-state index contributed by atoms with van der Waals surface area (Å²) in [6.45, 7) is 2.99. The molecule has 0 spiro atoms. The number of fused-ring (bicyclic) bond motifs is 1. The highest BCUT2D eigenvalue weighted by Gasteiger charge is 2.16. The molecule has 0 saturated carbocycles. The average Bonchev–Trinajstić information content (AvgIpc) is 2.55. The van der Waals surface area contributed by atoms with Crippen LogP contribution in [0.2, 0.25) is 0 Å². The van der Waals surface area contributed by atoms with E-state index in [0.717, 1.165) is 24.1 Å². The van der Waals surface area contributed by atoms with Gasteiger partial charge in [-0.1, -0.05) is 0 Å². The van der Waals surface area contributed by atoms with Gasteiger partial charge in [0.1, 0.15) is 5.82 Å². The van der Waals surface area contributed by atoms with Crippen LogP contribution >= 0.6 is 0 Å². The van der Waals surface area contributed by atoms with Crippen LogP contribution in [0.3, 0.4) is 0 Å². The molecule has 0 saturated heterocycles. The van der Waals surface area contributed by atoms with Crippen LogP contribution in [0.5, 0.6) is 0 Å². The van der Waals surface area contributed by atoms with Crippen molar-refractivity contribution in [2.45, 2.75) is 39.2 Å². The summed E-state index contributed by atoms with van der Waals surface area (Å²) in [6, 6.07) is 5.91. The summed E-state index contributed by atoms with van der Waals surface area (Å²) >= 11 is 0. The number of hydrogen-bond acceptors (Lipinski definition) is 4. The van der Waals surface area contributed by atoms with Crippen LogP contribution in [0, 0.1) is 6.92 Å². The van der Waals surface area contributed by atoms with E-state index in [4.69, 9.17) is 0 Å². The van der Waals surface area contributed by atoms with Crippen LogP contribution in [0.4, 0.5) is 5.82 Å². The first kappa shape index (κ1) is 16.6. The minimum Gasteiger partial charge on any atom is -0.310 e. The molecule has 0 aromatic carbocycles. The van der Waals surface area contributed by atoms with Gasteiger partial charge in [0.05, 0.1) is 12.2 Å². The van der Waals surface area contributed by atoms with E-state index >= 15 is 0 Å². The number of carbonyl (C=O) groups excluding carboxylic acids is 1. The Balaban J connectivity index is 1.59. The average molecular weight is 324 g/mol. The van der Waals surface area contributed by atoms with Crippen molar-refractivity contribution in [3.8, 4) is 0 Å². The van der Waals surface area contributed by atoms with Crippen LogP contribution in [-0.4, -0.2) is 34.4 Å². The first-order valence-electron chi connectivity index (χ1n) is 8.48. The largest absolute Gasteiger partial charge is 0.310 e. The SMILES string of the molecule is Cc1ccnc(NC(=O)CN(C)Cc2nccc3c2CCCC3)c1. The van der Waals surface area contributed by atoms with E-state index in [1.165, 1.54) is 24.0 Å². The number of hydrogen-bond donors (Lipinski definition) is 1. The van der Waals surface area contributed by atoms with Crippen molar-refractivity contribution in [2.24, 2.45) is 0 Å². The summed E-state index contributed by atoms with van der Waals surface area (Å²) < 4.78 is 0. The van der Waals surface area contributed by atoms with Gasteiger partial charge in [0.2, 0.25) is 5.91 Å². The van der Waals surface area contributed by atoms with Crippen LogP contribution in [0.25, 0.3) is 0 Å². The van der Waals surface area contributed by atoms with Crippen LogP contribution in [0.15, 0.2) is 30.6 Å². The van der Waals surface area contributed by atoms with Crippen molar-refractivity contribution in [3.05, 3.63) is 53.0 Å². The van der Waals surface area contributed by atoms with E-state index in [9.17, 15) is 4.79 Å². The van der Waals surface area contributed by atoms with Gasteiger partial charge < -0.3 is 5.32 Å². The summed E-state index contributed by atoms with van der Waals surface area (Å²) in [6.07, 6.45) is 8.34. The quantitative estimate of drug-likeness (QED) is 0.919. The van der Waals surface area contributed by atoms with E-state index in [-0.39, 0.29) is 5.91 Å². The Morgan fingerprint density at radius 2 is 2.00 bits per heavy atom. The van der Waals surface area contributed by atoms with Crippen LogP contribution in [-0.2, 0) is 24.2 Å². The number of aryl methyl sites for hydroxylation is 2. The Hall–Kier alpha value is -2.27. The lowest BCUT2D eigenvalue weighted by Gasteiger charge is -2.22. The maximum atomic E-state index is 12.2. The smallest absolute Gasteiger partial charge is 0.239 e. The summed E-state index contributed by atoms with van der Waals surface area (Å²) in [5.41, 5.74) is 4.99. The van der Waals surface area contributed by atoms with Gasteiger partial charge in [-0.2, -0.15) is 0 Å². The number of carbonyl (C=O) groups is 1. The minimum absolute atomic E-state index is 0.0552. The zero-order valence-electron chi connectivity index (χ0n) is 14.4. The lowest BCUT2D eigenvalue weighted by molar-refractivity contribution is -0.117. The Morgan fingerprint density at radius 3 is 2.83 bits per heavy atom. The van der Waals surface area contributed by atoms with Gasteiger partial charge in [-0.3, -0.25) is 14.7 Å². The fourth-order valence-corrected chi connectivity index (χ4v) is 3.22. The summed E-state index contributed by atoms with van der Waals surface area (Å²) in [5, 5.41) is 2.85. The van der Waals surface area contributed by atoms with Gasteiger partial charge in [-0.05, 0) is 74.5 Å². The predicted molar refractivity (Wildman–Crippen MR) is 94.8 cm³/mol. The Bertz CT molecular complexity index is 729. The molecule has 0 aliphatic heterocycles. The number of amides is 1. The van der Waals surface area contributed by atoms with E-state index < -0.39 is 0 Å². The second-order valence-electron chi connectivity index (χ2n) is 6.54. The number of pyridine rings is 2. The third-order valence-electron chi connectivity index (χ3n) is 4.38. The van der Waals surface area contributed by atoms with E-state index in [0.29, 0.717) is 18.9 Å². The number of nitrogens with one attached hydrogen (secondary N) is 1. The second-order valence-corrected chi connectivity index (χ2v) is 6.54. The number of rotatable bonds is 5. The van der Waals surface area contributed by atoms with Crippen molar-refractivity contribution in [3.63, 3.8) is 0 Å². The lowest BCUT2D eigenvalue weighted by Crippen LogP contribution is -2.31. The van der Waals surface area contributed by atoms with E-state index in [2.05, 4.69) is 21.4 Å².